The summed E-state index contributed by atoms with van der Waals surface area (Å²) in [6.07, 6.45) is 0.474. The van der Waals surface area contributed by atoms with Crippen LogP contribution in [-0.2, 0) is 9.63 Å². The van der Waals surface area contributed by atoms with Crippen LogP contribution in [-0.4, -0.2) is 16.8 Å². The molecule has 5 heteroatoms. The molecule has 1 rings (SSSR count). The van der Waals surface area contributed by atoms with Crippen molar-refractivity contribution in [2.24, 2.45) is 5.41 Å². The molecule has 0 aromatic carbocycles. The van der Waals surface area contributed by atoms with E-state index in [1.54, 1.807) is 13.8 Å². The summed E-state index contributed by atoms with van der Waals surface area (Å²) in [5, 5.41) is 0. The van der Waals surface area contributed by atoms with E-state index in [2.05, 4.69) is 5.48 Å². The van der Waals surface area contributed by atoms with Gasteiger partial charge < -0.3 is 0 Å². The van der Waals surface area contributed by atoms with Gasteiger partial charge in [-0.05, 0) is 20.3 Å². The number of nitrogens with one attached hydrogen (secondary N) is 1. The Balaban J connectivity index is 2.45. The Morgan fingerprint density at radius 3 is 2.50 bits per heavy atom. The number of amides is 1. The largest absolute Gasteiger partial charge is 0.274 e. The topological polar surface area (TPSA) is 38.3 Å². The number of hydroxylamine groups is 1. The smallest absolute Gasteiger partial charge is 0.252 e. The monoisotopic (exact) mass is 211 g/mol. The quantitative estimate of drug-likeness (QED) is 0.570. The van der Waals surface area contributed by atoms with Gasteiger partial charge in [0, 0.05) is 0 Å². The third-order valence-electron chi connectivity index (χ3n) is 2.07. The molecule has 3 nitrogen and oxygen atoms in total. The van der Waals surface area contributed by atoms with Crippen LogP contribution in [0.2, 0.25) is 0 Å². The van der Waals surface area contributed by atoms with E-state index in [0.29, 0.717) is 13.0 Å². The Bertz CT molecular complexity index is 208. The third kappa shape index (κ3) is 1.53. The van der Waals surface area contributed by atoms with E-state index >= 15 is 0 Å². The van der Waals surface area contributed by atoms with E-state index in [1.165, 1.54) is 0 Å². The highest BCUT2D eigenvalue weighted by molar-refractivity contribution is 6.53. The molecule has 0 aromatic heterocycles. The van der Waals surface area contributed by atoms with Gasteiger partial charge in [0.25, 0.3) is 5.91 Å². The molecular formula is C7H11Cl2NO2. The van der Waals surface area contributed by atoms with Crippen molar-refractivity contribution in [3.8, 4) is 0 Å². The molecule has 1 fully saturated rings. The first-order valence-corrected chi connectivity index (χ1v) is 4.50. The molecule has 0 aliphatic heterocycles. The number of hydrogen-bond acceptors (Lipinski definition) is 2. The van der Waals surface area contributed by atoms with Crippen molar-refractivity contribution in [3.63, 3.8) is 0 Å². The van der Waals surface area contributed by atoms with Crippen LogP contribution < -0.4 is 5.48 Å². The van der Waals surface area contributed by atoms with Gasteiger partial charge in [-0.1, -0.05) is 0 Å². The minimum atomic E-state index is -0.922. The molecule has 1 aliphatic carbocycles. The van der Waals surface area contributed by atoms with E-state index in [4.69, 9.17) is 28.0 Å². The predicted molar refractivity (Wildman–Crippen MR) is 46.9 cm³/mol. The molecule has 1 atom stereocenters. The van der Waals surface area contributed by atoms with Gasteiger partial charge in [0.2, 0.25) is 0 Å². The summed E-state index contributed by atoms with van der Waals surface area (Å²) in [4.78, 5) is 16.0. The van der Waals surface area contributed by atoms with Crippen LogP contribution in [0.4, 0.5) is 0 Å². The number of carbonyl (C=O) groups excluding carboxylic acids is 1. The van der Waals surface area contributed by atoms with E-state index in [0.717, 1.165) is 0 Å². The number of alkyl halides is 2. The van der Waals surface area contributed by atoms with Crippen LogP contribution in [0, 0.1) is 5.41 Å². The van der Waals surface area contributed by atoms with Gasteiger partial charge >= 0.3 is 0 Å². The molecule has 1 unspecified atom stereocenters. The highest BCUT2D eigenvalue weighted by Crippen LogP contribution is 2.63. The Morgan fingerprint density at radius 1 is 1.67 bits per heavy atom. The van der Waals surface area contributed by atoms with E-state index in [-0.39, 0.29) is 5.91 Å². The molecule has 0 radical (unpaired) electrons. The first-order valence-electron chi connectivity index (χ1n) is 3.74. The number of carbonyl (C=O) groups is 1. The Hall–Kier alpha value is 0.01000. The molecule has 12 heavy (non-hydrogen) atoms. The Labute approximate surface area is 81.3 Å². The zero-order valence-electron chi connectivity index (χ0n) is 6.99. The number of halogens is 2. The van der Waals surface area contributed by atoms with E-state index in [9.17, 15) is 4.79 Å². The fourth-order valence-corrected chi connectivity index (χ4v) is 1.60. The fourth-order valence-electron chi connectivity index (χ4n) is 0.897. The van der Waals surface area contributed by atoms with Gasteiger partial charge in [-0.25, -0.2) is 5.48 Å². The van der Waals surface area contributed by atoms with Gasteiger partial charge in [0.05, 0.1) is 12.0 Å². The van der Waals surface area contributed by atoms with Crippen molar-refractivity contribution in [1.29, 1.82) is 0 Å². The van der Waals surface area contributed by atoms with E-state index < -0.39 is 9.75 Å². The predicted octanol–water partition coefficient (Wildman–Crippen LogP) is 1.64. The van der Waals surface area contributed by atoms with Gasteiger partial charge in [-0.3, -0.25) is 9.63 Å². The van der Waals surface area contributed by atoms with Crippen molar-refractivity contribution in [3.05, 3.63) is 0 Å². The average Bonchev–Trinajstić information content (AvgIpc) is 2.48. The molecule has 0 aromatic rings. The molecule has 0 spiro atoms. The highest BCUT2D eigenvalue weighted by Gasteiger charge is 2.68. The molecule has 0 heterocycles. The van der Waals surface area contributed by atoms with Crippen molar-refractivity contribution in [1.82, 2.24) is 5.48 Å². The van der Waals surface area contributed by atoms with Crippen LogP contribution in [0.5, 0.6) is 0 Å². The van der Waals surface area contributed by atoms with Gasteiger partial charge in [0.1, 0.15) is 4.33 Å². The molecule has 70 valence electrons. The summed E-state index contributed by atoms with van der Waals surface area (Å²) < 4.78 is -0.922. The Morgan fingerprint density at radius 2 is 2.17 bits per heavy atom. The number of hydrogen-bond donors (Lipinski definition) is 1. The highest BCUT2D eigenvalue weighted by atomic mass is 35.5. The van der Waals surface area contributed by atoms with Crippen molar-refractivity contribution < 1.29 is 9.63 Å². The zero-order valence-corrected chi connectivity index (χ0v) is 8.50. The van der Waals surface area contributed by atoms with Crippen molar-refractivity contribution in [2.45, 2.75) is 24.6 Å². The number of rotatable bonds is 3. The first-order chi connectivity index (χ1) is 5.44. The lowest BCUT2D eigenvalue weighted by atomic mass is 10.1. The third-order valence-corrected chi connectivity index (χ3v) is 3.17. The summed E-state index contributed by atoms with van der Waals surface area (Å²) in [5.41, 5.74) is 1.59. The lowest BCUT2D eigenvalue weighted by molar-refractivity contribution is -0.138. The molecule has 1 N–H and O–H groups in total. The normalized spacial score (nSPS) is 31.3. The maximum atomic E-state index is 11.3. The van der Waals surface area contributed by atoms with Crippen LogP contribution in [0.15, 0.2) is 0 Å². The summed E-state index contributed by atoms with van der Waals surface area (Å²) in [7, 11) is 0. The minimum absolute atomic E-state index is 0.255. The van der Waals surface area contributed by atoms with Crippen molar-refractivity contribution >= 4 is 29.1 Å². The SMILES string of the molecule is CCONC(=O)C1(C)CC1(Cl)Cl. The minimum Gasteiger partial charge on any atom is -0.274 e. The van der Waals surface area contributed by atoms with E-state index in [1.807, 2.05) is 0 Å². The second kappa shape index (κ2) is 3.05. The molecule has 1 saturated carbocycles. The van der Waals surface area contributed by atoms with Crippen LogP contribution in [0.3, 0.4) is 0 Å². The lowest BCUT2D eigenvalue weighted by Gasteiger charge is -2.11. The molecular weight excluding hydrogens is 201 g/mol. The summed E-state index contributed by atoms with van der Waals surface area (Å²) in [5.74, 6) is -0.255. The standard InChI is InChI=1S/C7H11Cl2NO2/c1-3-12-10-5(11)6(2)4-7(6,8)9/h3-4H2,1-2H3,(H,10,11). The first kappa shape index (κ1) is 10.1. The molecule has 1 amide bonds. The summed E-state index contributed by atoms with van der Waals surface area (Å²) >= 11 is 11.5. The molecule has 0 bridgehead atoms. The summed E-state index contributed by atoms with van der Waals surface area (Å²) in [6.45, 7) is 3.92. The molecule has 0 saturated heterocycles. The summed E-state index contributed by atoms with van der Waals surface area (Å²) in [6, 6.07) is 0. The second-order valence-corrected chi connectivity index (χ2v) is 4.56. The van der Waals surface area contributed by atoms with Crippen molar-refractivity contribution in [2.75, 3.05) is 6.61 Å². The average molecular weight is 212 g/mol. The zero-order chi connectivity index (χ0) is 9.41. The second-order valence-electron chi connectivity index (χ2n) is 3.08. The van der Waals surface area contributed by atoms with Crippen LogP contribution in [0.1, 0.15) is 20.3 Å². The van der Waals surface area contributed by atoms with Gasteiger partial charge in [-0.15, -0.1) is 23.2 Å². The Kier molecular flexibility index (Phi) is 2.57. The maximum absolute atomic E-state index is 11.3. The van der Waals surface area contributed by atoms with Crippen LogP contribution in [0.25, 0.3) is 0 Å². The van der Waals surface area contributed by atoms with Gasteiger partial charge in [0.15, 0.2) is 0 Å². The van der Waals surface area contributed by atoms with Crippen LogP contribution >= 0.6 is 23.2 Å². The van der Waals surface area contributed by atoms with Gasteiger partial charge in [-0.2, -0.15) is 0 Å². The fraction of sp³-hybridized carbons (Fsp3) is 0.857. The lowest BCUT2D eigenvalue weighted by Crippen LogP contribution is -2.33. The maximum Gasteiger partial charge on any atom is 0.252 e. The molecule has 1 aliphatic rings.